The smallest absolute Gasteiger partial charge is 0.319 e. The molecule has 28 heavy (non-hydrogen) atoms. The highest BCUT2D eigenvalue weighted by atomic mass is 16.5. The van der Waals surface area contributed by atoms with E-state index in [0.717, 1.165) is 45.5 Å². The lowest BCUT2D eigenvalue weighted by Gasteiger charge is -2.50. The van der Waals surface area contributed by atoms with Crippen LogP contribution in [0.4, 0.5) is 4.79 Å². The SMILES string of the molecule is CN(C)C(=O)N1CC[C@@]2(O)CCN(CCCCOCc3ccccc3)C[C@H]2C1. The molecule has 0 aromatic heterocycles. The van der Waals surface area contributed by atoms with Crippen molar-refractivity contribution in [1.29, 1.82) is 0 Å². The van der Waals surface area contributed by atoms with Gasteiger partial charge in [0.2, 0.25) is 0 Å². The van der Waals surface area contributed by atoms with Crippen LogP contribution in [0.5, 0.6) is 0 Å². The summed E-state index contributed by atoms with van der Waals surface area (Å²) in [7, 11) is 3.58. The summed E-state index contributed by atoms with van der Waals surface area (Å²) in [5, 5.41) is 11.0. The maximum absolute atomic E-state index is 12.3. The number of hydrogen-bond acceptors (Lipinski definition) is 4. The third kappa shape index (κ3) is 5.46. The number of piperidine rings is 2. The molecule has 6 heteroatoms. The summed E-state index contributed by atoms with van der Waals surface area (Å²) in [5.74, 6) is 0.147. The van der Waals surface area contributed by atoms with Gasteiger partial charge in [-0.1, -0.05) is 30.3 Å². The first kappa shape index (κ1) is 21.1. The van der Waals surface area contributed by atoms with Crippen LogP contribution in [0, 0.1) is 5.92 Å². The monoisotopic (exact) mass is 389 g/mol. The number of amides is 2. The zero-order valence-electron chi connectivity index (χ0n) is 17.3. The van der Waals surface area contributed by atoms with Crippen LogP contribution >= 0.6 is 0 Å². The number of carbonyl (C=O) groups is 1. The fraction of sp³-hybridized carbons (Fsp3) is 0.682. The third-order valence-electron chi connectivity index (χ3n) is 6.13. The molecule has 0 spiro atoms. The van der Waals surface area contributed by atoms with E-state index in [1.54, 1.807) is 19.0 Å². The van der Waals surface area contributed by atoms with Gasteiger partial charge in [0.05, 0.1) is 12.2 Å². The summed E-state index contributed by atoms with van der Waals surface area (Å²) in [5.41, 5.74) is 0.616. The molecule has 1 aromatic carbocycles. The van der Waals surface area contributed by atoms with Crippen molar-refractivity contribution in [2.45, 2.75) is 37.9 Å². The lowest BCUT2D eigenvalue weighted by Crippen LogP contribution is -2.61. The fourth-order valence-electron chi connectivity index (χ4n) is 4.33. The molecule has 2 fully saturated rings. The van der Waals surface area contributed by atoms with Gasteiger partial charge in [-0.15, -0.1) is 0 Å². The second-order valence-corrected chi connectivity index (χ2v) is 8.47. The molecule has 2 amide bonds. The van der Waals surface area contributed by atoms with Gasteiger partial charge in [0.15, 0.2) is 0 Å². The van der Waals surface area contributed by atoms with Gasteiger partial charge in [-0.05, 0) is 37.8 Å². The van der Waals surface area contributed by atoms with Crippen molar-refractivity contribution in [3.63, 3.8) is 0 Å². The maximum atomic E-state index is 12.3. The Morgan fingerprint density at radius 3 is 2.68 bits per heavy atom. The fourth-order valence-corrected chi connectivity index (χ4v) is 4.33. The molecule has 0 saturated carbocycles. The Kier molecular flexibility index (Phi) is 7.32. The van der Waals surface area contributed by atoms with E-state index in [-0.39, 0.29) is 11.9 Å². The van der Waals surface area contributed by atoms with Crippen molar-refractivity contribution in [3.8, 4) is 0 Å². The molecule has 2 atom stereocenters. The first-order valence-corrected chi connectivity index (χ1v) is 10.5. The number of unbranched alkanes of at least 4 members (excludes halogenated alkanes) is 1. The van der Waals surface area contributed by atoms with Gasteiger partial charge in [0.25, 0.3) is 0 Å². The molecule has 0 radical (unpaired) electrons. The second kappa shape index (κ2) is 9.72. The molecular weight excluding hydrogens is 354 g/mol. The highest BCUT2D eigenvalue weighted by molar-refractivity contribution is 5.74. The quantitative estimate of drug-likeness (QED) is 0.728. The molecule has 2 heterocycles. The van der Waals surface area contributed by atoms with E-state index in [1.807, 2.05) is 23.1 Å². The van der Waals surface area contributed by atoms with Gasteiger partial charge < -0.3 is 24.5 Å². The number of benzene rings is 1. The number of rotatable bonds is 7. The first-order chi connectivity index (χ1) is 13.5. The Hall–Kier alpha value is -1.63. The van der Waals surface area contributed by atoms with Crippen molar-refractivity contribution >= 4 is 6.03 Å². The summed E-state index contributed by atoms with van der Waals surface area (Å²) >= 11 is 0. The molecular formula is C22H35N3O3. The minimum absolute atomic E-state index is 0.0507. The number of carbonyl (C=O) groups excluding carboxylic acids is 1. The molecule has 156 valence electrons. The molecule has 1 N–H and O–H groups in total. The van der Waals surface area contributed by atoms with Gasteiger partial charge in [-0.2, -0.15) is 0 Å². The largest absolute Gasteiger partial charge is 0.389 e. The zero-order valence-corrected chi connectivity index (χ0v) is 17.3. The van der Waals surface area contributed by atoms with Crippen molar-refractivity contribution in [3.05, 3.63) is 35.9 Å². The Morgan fingerprint density at radius 1 is 1.18 bits per heavy atom. The molecule has 0 unspecified atom stereocenters. The molecule has 2 aliphatic rings. The lowest BCUT2D eigenvalue weighted by atomic mass is 9.75. The predicted octanol–water partition coefficient (Wildman–Crippen LogP) is 2.42. The van der Waals surface area contributed by atoms with Gasteiger partial charge in [-0.3, -0.25) is 0 Å². The van der Waals surface area contributed by atoms with Gasteiger partial charge >= 0.3 is 6.03 Å². The average molecular weight is 390 g/mol. The van der Waals surface area contributed by atoms with Crippen molar-refractivity contribution in [2.24, 2.45) is 5.92 Å². The molecule has 2 saturated heterocycles. The highest BCUT2D eigenvalue weighted by Gasteiger charge is 2.45. The zero-order chi connectivity index (χ0) is 20.0. The van der Waals surface area contributed by atoms with E-state index in [2.05, 4.69) is 17.0 Å². The van der Waals surface area contributed by atoms with E-state index in [4.69, 9.17) is 4.74 Å². The van der Waals surface area contributed by atoms with Crippen LogP contribution in [0.2, 0.25) is 0 Å². The molecule has 0 aliphatic carbocycles. The topological polar surface area (TPSA) is 56.2 Å². The normalized spacial score (nSPS) is 25.4. The lowest BCUT2D eigenvalue weighted by molar-refractivity contribution is -0.107. The molecule has 1 aromatic rings. The molecule has 3 rings (SSSR count). The van der Waals surface area contributed by atoms with Crippen LogP contribution in [0.3, 0.4) is 0 Å². The van der Waals surface area contributed by atoms with Crippen LogP contribution in [0.15, 0.2) is 30.3 Å². The Morgan fingerprint density at radius 2 is 1.93 bits per heavy atom. The highest BCUT2D eigenvalue weighted by Crippen LogP contribution is 2.35. The maximum Gasteiger partial charge on any atom is 0.319 e. The van der Waals surface area contributed by atoms with Gasteiger partial charge in [0.1, 0.15) is 0 Å². The predicted molar refractivity (Wildman–Crippen MR) is 110 cm³/mol. The number of aliphatic hydroxyl groups is 1. The van der Waals surface area contributed by atoms with Crippen LogP contribution in [-0.4, -0.2) is 84.9 Å². The third-order valence-corrected chi connectivity index (χ3v) is 6.13. The standard InChI is InChI=1S/C22H35N3O3/c1-23(2)21(26)25-14-11-22(27)10-13-24(16-20(22)17-25)12-6-7-15-28-18-19-8-4-3-5-9-19/h3-5,8-9,20,27H,6-7,10-18H2,1-2H3/t20-,22-/m0/s1. The minimum atomic E-state index is -0.599. The average Bonchev–Trinajstić information content (AvgIpc) is 2.70. The van der Waals surface area contributed by atoms with E-state index in [9.17, 15) is 9.90 Å². The summed E-state index contributed by atoms with van der Waals surface area (Å²) in [6, 6.07) is 10.3. The molecule has 2 aliphatic heterocycles. The van der Waals surface area contributed by atoms with Gasteiger partial charge in [0, 0.05) is 52.8 Å². The van der Waals surface area contributed by atoms with Crippen LogP contribution in [-0.2, 0) is 11.3 Å². The van der Waals surface area contributed by atoms with Gasteiger partial charge in [-0.25, -0.2) is 4.79 Å². The number of hydrogen-bond donors (Lipinski definition) is 1. The van der Waals surface area contributed by atoms with E-state index in [0.29, 0.717) is 26.1 Å². The number of nitrogens with zero attached hydrogens (tertiary/aromatic N) is 3. The number of urea groups is 1. The molecule has 0 bridgehead atoms. The number of fused-ring (bicyclic) bond motifs is 1. The van der Waals surface area contributed by atoms with Crippen molar-refractivity contribution < 1.29 is 14.6 Å². The Balaban J connectivity index is 1.36. The van der Waals surface area contributed by atoms with E-state index in [1.165, 1.54) is 5.56 Å². The van der Waals surface area contributed by atoms with E-state index >= 15 is 0 Å². The summed E-state index contributed by atoms with van der Waals surface area (Å²) in [6.07, 6.45) is 3.65. The van der Waals surface area contributed by atoms with Crippen LogP contribution in [0.1, 0.15) is 31.2 Å². The first-order valence-electron chi connectivity index (χ1n) is 10.5. The second-order valence-electron chi connectivity index (χ2n) is 8.47. The minimum Gasteiger partial charge on any atom is -0.389 e. The van der Waals surface area contributed by atoms with E-state index < -0.39 is 5.60 Å². The van der Waals surface area contributed by atoms with Crippen molar-refractivity contribution in [2.75, 3.05) is 53.4 Å². The Labute approximate surface area is 169 Å². The summed E-state index contributed by atoms with van der Waals surface area (Å²) in [4.78, 5) is 18.2. The Bertz CT molecular complexity index is 625. The van der Waals surface area contributed by atoms with Crippen LogP contribution in [0.25, 0.3) is 0 Å². The van der Waals surface area contributed by atoms with Crippen molar-refractivity contribution in [1.82, 2.24) is 14.7 Å². The summed E-state index contributed by atoms with van der Waals surface area (Å²) in [6.45, 7) is 5.62. The number of ether oxygens (including phenoxy) is 1. The number of likely N-dealkylation sites (tertiary alicyclic amines) is 2. The molecule has 6 nitrogen and oxygen atoms in total. The van der Waals surface area contributed by atoms with Crippen LogP contribution < -0.4 is 0 Å². The summed E-state index contributed by atoms with van der Waals surface area (Å²) < 4.78 is 5.77.